The second-order valence-corrected chi connectivity index (χ2v) is 12.7. The number of sulfonamides is 1. The van der Waals surface area contributed by atoms with Crippen LogP contribution < -0.4 is 0 Å². The lowest BCUT2D eigenvalue weighted by Gasteiger charge is -2.27. The predicted molar refractivity (Wildman–Crippen MR) is 149 cm³/mol. The van der Waals surface area contributed by atoms with Crippen molar-refractivity contribution in [3.05, 3.63) is 100 Å². The number of fused-ring (bicyclic) bond motifs is 2. The van der Waals surface area contributed by atoms with Crippen LogP contribution in [-0.4, -0.2) is 34.7 Å². The number of alkyl halides is 3. The van der Waals surface area contributed by atoms with Crippen LogP contribution in [-0.2, 0) is 38.8 Å². The van der Waals surface area contributed by atoms with E-state index in [1.165, 1.54) is 42.5 Å². The normalized spacial score (nSPS) is 15.0. The van der Waals surface area contributed by atoms with Gasteiger partial charge in [-0.1, -0.05) is 30.3 Å². The van der Waals surface area contributed by atoms with Gasteiger partial charge in [-0.05, 0) is 69.7 Å². The molecule has 42 heavy (non-hydrogen) atoms. The van der Waals surface area contributed by atoms with Crippen molar-refractivity contribution in [2.75, 3.05) is 0 Å². The topological polar surface area (TPSA) is 81.0 Å². The number of ether oxygens (including phenoxy) is 1. The summed E-state index contributed by atoms with van der Waals surface area (Å²) in [5, 5.41) is 4.83. The van der Waals surface area contributed by atoms with Crippen molar-refractivity contribution in [2.24, 2.45) is 5.10 Å². The molecule has 220 valence electrons. The standard InChI is InChI=1S/C30H27F4N3O4S/c1-18-27(23-15-21(31)12-13-24(23)36(18)17-26(38)41-29(2,3)4)28-22-10-5-6-11-25(22)42(39,40)37(35-28)16-19-8-7-9-20(14-19)30(32,33)34/h5-15H,16-17H2,1-4H3. The largest absolute Gasteiger partial charge is 0.459 e. The molecule has 1 aliphatic heterocycles. The molecule has 0 saturated heterocycles. The molecule has 0 radical (unpaired) electrons. The lowest BCUT2D eigenvalue weighted by Crippen LogP contribution is -2.33. The first kappa shape index (κ1) is 29.3. The summed E-state index contributed by atoms with van der Waals surface area (Å²) < 4.78 is 89.8. The summed E-state index contributed by atoms with van der Waals surface area (Å²) in [7, 11) is -4.27. The van der Waals surface area contributed by atoms with Crippen molar-refractivity contribution in [1.82, 2.24) is 8.98 Å². The highest BCUT2D eigenvalue weighted by atomic mass is 32.2. The average Bonchev–Trinajstić information content (AvgIpc) is 3.14. The van der Waals surface area contributed by atoms with Crippen LogP contribution in [0.1, 0.15) is 48.7 Å². The Morgan fingerprint density at radius 3 is 2.38 bits per heavy atom. The fourth-order valence-corrected chi connectivity index (χ4v) is 6.42. The average molecular weight is 602 g/mol. The van der Waals surface area contributed by atoms with Crippen molar-refractivity contribution in [3.8, 4) is 0 Å². The number of esters is 1. The van der Waals surface area contributed by atoms with Gasteiger partial charge in [0.25, 0.3) is 10.0 Å². The van der Waals surface area contributed by atoms with Crippen LogP contribution in [0.4, 0.5) is 17.6 Å². The molecule has 0 saturated carbocycles. The van der Waals surface area contributed by atoms with Gasteiger partial charge in [0.1, 0.15) is 23.7 Å². The summed E-state index contributed by atoms with van der Waals surface area (Å²) in [6.07, 6.45) is -4.62. The number of carbonyl (C=O) groups is 1. The van der Waals surface area contributed by atoms with Gasteiger partial charge < -0.3 is 9.30 Å². The molecule has 2 heterocycles. The number of hydrogen-bond acceptors (Lipinski definition) is 5. The number of rotatable bonds is 5. The molecule has 5 rings (SSSR count). The van der Waals surface area contributed by atoms with Gasteiger partial charge in [0.2, 0.25) is 0 Å². The van der Waals surface area contributed by atoms with Gasteiger partial charge in [0, 0.05) is 27.7 Å². The van der Waals surface area contributed by atoms with Crippen molar-refractivity contribution >= 4 is 32.6 Å². The number of aromatic nitrogens is 1. The molecule has 0 atom stereocenters. The summed E-state index contributed by atoms with van der Waals surface area (Å²) in [4.78, 5) is 12.7. The van der Waals surface area contributed by atoms with E-state index in [1.54, 1.807) is 44.4 Å². The monoisotopic (exact) mass is 601 g/mol. The molecule has 0 N–H and O–H groups in total. The Labute approximate surface area is 240 Å². The molecule has 1 aromatic heterocycles. The zero-order valence-electron chi connectivity index (χ0n) is 23.2. The van der Waals surface area contributed by atoms with Crippen LogP contribution in [0.25, 0.3) is 10.9 Å². The van der Waals surface area contributed by atoms with E-state index < -0.39 is 45.7 Å². The predicted octanol–water partition coefficient (Wildman–Crippen LogP) is 6.41. The molecule has 0 unspecified atom stereocenters. The SMILES string of the molecule is Cc1c(C2=NN(Cc3cccc(C(F)(F)F)c3)S(=O)(=O)c3ccccc32)c2cc(F)ccc2n1CC(=O)OC(C)(C)C. The number of benzene rings is 3. The summed E-state index contributed by atoms with van der Waals surface area (Å²) in [5.74, 6) is -1.09. The molecule has 4 aromatic rings. The molecular formula is C30H27F4N3O4S. The van der Waals surface area contributed by atoms with Crippen molar-refractivity contribution in [1.29, 1.82) is 0 Å². The van der Waals surface area contributed by atoms with E-state index in [4.69, 9.17) is 4.74 Å². The maximum Gasteiger partial charge on any atom is 0.416 e. The minimum atomic E-state index is -4.62. The van der Waals surface area contributed by atoms with Crippen LogP contribution in [0, 0.1) is 12.7 Å². The molecule has 7 nitrogen and oxygen atoms in total. The fourth-order valence-electron chi connectivity index (χ4n) is 4.99. The van der Waals surface area contributed by atoms with Crippen molar-refractivity contribution in [2.45, 2.75) is 57.5 Å². The maximum absolute atomic E-state index is 14.6. The molecule has 3 aromatic carbocycles. The third kappa shape index (κ3) is 5.50. The molecule has 0 fully saturated rings. The Balaban J connectivity index is 1.70. The lowest BCUT2D eigenvalue weighted by molar-refractivity contribution is -0.155. The zero-order valence-corrected chi connectivity index (χ0v) is 24.0. The second-order valence-electron chi connectivity index (χ2n) is 10.9. The molecular weight excluding hydrogens is 574 g/mol. The van der Waals surface area contributed by atoms with Gasteiger partial charge in [-0.15, -0.1) is 0 Å². The summed E-state index contributed by atoms with van der Waals surface area (Å²) in [6, 6.07) is 14.5. The number of hydrazone groups is 1. The smallest absolute Gasteiger partial charge is 0.416 e. The van der Waals surface area contributed by atoms with Gasteiger partial charge in [-0.2, -0.15) is 31.1 Å². The van der Waals surface area contributed by atoms with E-state index in [9.17, 15) is 30.8 Å². The lowest BCUT2D eigenvalue weighted by atomic mass is 9.99. The van der Waals surface area contributed by atoms with E-state index in [2.05, 4.69) is 5.10 Å². The summed E-state index contributed by atoms with van der Waals surface area (Å²) in [6.45, 7) is 6.22. The number of halogens is 4. The van der Waals surface area contributed by atoms with Crippen LogP contribution in [0.15, 0.2) is 76.7 Å². The summed E-state index contributed by atoms with van der Waals surface area (Å²) in [5.41, 5.74) is 0.185. The van der Waals surface area contributed by atoms with Gasteiger partial charge in [-0.3, -0.25) is 4.79 Å². The first-order valence-corrected chi connectivity index (χ1v) is 14.4. The van der Waals surface area contributed by atoms with Gasteiger partial charge >= 0.3 is 12.1 Å². The van der Waals surface area contributed by atoms with E-state index in [1.807, 2.05) is 0 Å². The van der Waals surface area contributed by atoms with Crippen LogP contribution in [0.2, 0.25) is 0 Å². The maximum atomic E-state index is 14.6. The van der Waals surface area contributed by atoms with E-state index in [0.29, 0.717) is 22.2 Å². The molecule has 0 amide bonds. The highest BCUT2D eigenvalue weighted by Gasteiger charge is 2.36. The Morgan fingerprint density at radius 1 is 0.976 bits per heavy atom. The van der Waals surface area contributed by atoms with Crippen LogP contribution in [0.3, 0.4) is 0 Å². The van der Waals surface area contributed by atoms with E-state index in [0.717, 1.165) is 16.5 Å². The number of carbonyl (C=O) groups excluding carboxylic acids is 1. The Morgan fingerprint density at radius 2 is 1.69 bits per heavy atom. The second kappa shape index (κ2) is 10.3. The van der Waals surface area contributed by atoms with Crippen LogP contribution in [0.5, 0.6) is 0 Å². The van der Waals surface area contributed by atoms with Crippen LogP contribution >= 0.6 is 0 Å². The third-order valence-corrected chi connectivity index (χ3v) is 8.39. The minimum absolute atomic E-state index is 0.0750. The van der Waals surface area contributed by atoms with Crippen molar-refractivity contribution in [3.63, 3.8) is 0 Å². The Bertz CT molecular complexity index is 1850. The van der Waals surface area contributed by atoms with Gasteiger partial charge in [0.05, 0.1) is 17.0 Å². The summed E-state index contributed by atoms with van der Waals surface area (Å²) >= 11 is 0. The molecule has 0 bridgehead atoms. The van der Waals surface area contributed by atoms with E-state index in [-0.39, 0.29) is 28.3 Å². The Hall–Kier alpha value is -4.19. The highest BCUT2D eigenvalue weighted by Crippen LogP contribution is 2.36. The number of hydrogen-bond donors (Lipinski definition) is 0. The first-order valence-electron chi connectivity index (χ1n) is 12.9. The highest BCUT2D eigenvalue weighted by molar-refractivity contribution is 7.89. The molecule has 0 spiro atoms. The quantitative estimate of drug-likeness (QED) is 0.196. The minimum Gasteiger partial charge on any atom is -0.459 e. The molecule has 0 aliphatic carbocycles. The third-order valence-electron chi connectivity index (χ3n) is 6.71. The Kier molecular flexibility index (Phi) is 7.16. The first-order chi connectivity index (χ1) is 19.6. The fraction of sp³-hybridized carbons (Fsp3) is 0.267. The number of nitrogens with zero attached hydrogens (tertiary/aromatic N) is 3. The zero-order chi connectivity index (χ0) is 30.6. The molecule has 1 aliphatic rings. The van der Waals surface area contributed by atoms with Gasteiger partial charge in [-0.25, -0.2) is 4.39 Å². The molecule has 12 heteroatoms. The van der Waals surface area contributed by atoms with Gasteiger partial charge in [0.15, 0.2) is 0 Å². The van der Waals surface area contributed by atoms with Crippen molar-refractivity contribution < 1.29 is 35.5 Å². The van der Waals surface area contributed by atoms with E-state index >= 15 is 0 Å².